The summed E-state index contributed by atoms with van der Waals surface area (Å²) in [6, 6.07) is 26.2. The highest BCUT2D eigenvalue weighted by Gasteiger charge is 2.35. The third kappa shape index (κ3) is 7.35. The lowest BCUT2D eigenvalue weighted by Crippen LogP contribution is -2.53. The van der Waals surface area contributed by atoms with Crippen LogP contribution in [0.25, 0.3) is 0 Å². The van der Waals surface area contributed by atoms with Crippen LogP contribution in [0, 0.1) is 5.82 Å². The highest BCUT2D eigenvalue weighted by atomic mass is 32.2. The highest BCUT2D eigenvalue weighted by molar-refractivity contribution is 7.92. The molecule has 0 fully saturated rings. The number of hydrogen-bond donors (Lipinski definition) is 1. The van der Waals surface area contributed by atoms with Crippen molar-refractivity contribution in [2.24, 2.45) is 0 Å². The fourth-order valence-corrected chi connectivity index (χ4v) is 6.19. The van der Waals surface area contributed by atoms with E-state index in [9.17, 15) is 22.4 Å². The van der Waals surface area contributed by atoms with Crippen molar-refractivity contribution >= 4 is 27.5 Å². The molecule has 9 nitrogen and oxygen atoms in total. The molecule has 4 rings (SSSR count). The number of carbonyl (C=O) groups is 2. The van der Waals surface area contributed by atoms with Crippen LogP contribution in [0.15, 0.2) is 108 Å². The van der Waals surface area contributed by atoms with E-state index in [1.165, 1.54) is 62.6 Å². The van der Waals surface area contributed by atoms with Crippen LogP contribution in [0.2, 0.25) is 0 Å². The Morgan fingerprint density at radius 3 is 2.07 bits per heavy atom. The lowest BCUT2D eigenvalue weighted by molar-refractivity contribution is -0.139. The molecule has 11 heteroatoms. The van der Waals surface area contributed by atoms with Gasteiger partial charge in [-0.25, -0.2) is 12.8 Å². The van der Waals surface area contributed by atoms with Gasteiger partial charge in [0.25, 0.3) is 10.0 Å². The average molecular weight is 620 g/mol. The molecule has 0 saturated heterocycles. The number of nitrogens with one attached hydrogen (secondary N) is 1. The molecule has 4 aromatic rings. The summed E-state index contributed by atoms with van der Waals surface area (Å²) in [6.45, 7) is -0.938. The summed E-state index contributed by atoms with van der Waals surface area (Å²) in [5.41, 5.74) is 1.17. The van der Waals surface area contributed by atoms with E-state index in [4.69, 9.17) is 9.47 Å². The Labute approximate surface area is 256 Å². The van der Waals surface area contributed by atoms with Crippen molar-refractivity contribution in [1.29, 1.82) is 0 Å². The topological polar surface area (TPSA) is 105 Å². The van der Waals surface area contributed by atoms with Gasteiger partial charge in [-0.1, -0.05) is 66.7 Å². The fraction of sp³-hybridized carbons (Fsp3) is 0.212. The molecule has 1 atom stereocenters. The number of carbonyl (C=O) groups excluding carboxylic acids is 2. The molecule has 0 heterocycles. The maximum absolute atomic E-state index is 14.9. The number of amides is 2. The number of para-hydroxylation sites is 1. The minimum absolute atomic E-state index is 0.120. The Hall–Kier alpha value is -4.90. The number of halogens is 1. The Morgan fingerprint density at radius 1 is 0.841 bits per heavy atom. The van der Waals surface area contributed by atoms with Crippen molar-refractivity contribution in [3.8, 4) is 11.5 Å². The second kappa shape index (κ2) is 14.5. The van der Waals surface area contributed by atoms with Gasteiger partial charge in [0.05, 0.1) is 24.8 Å². The van der Waals surface area contributed by atoms with Crippen LogP contribution in [0.4, 0.5) is 10.1 Å². The molecule has 0 unspecified atom stereocenters. The molecule has 0 radical (unpaired) electrons. The van der Waals surface area contributed by atoms with Gasteiger partial charge < -0.3 is 19.7 Å². The third-order valence-electron chi connectivity index (χ3n) is 7.08. The van der Waals surface area contributed by atoms with Crippen molar-refractivity contribution in [3.05, 3.63) is 120 Å². The van der Waals surface area contributed by atoms with Crippen molar-refractivity contribution in [3.63, 3.8) is 0 Å². The summed E-state index contributed by atoms with van der Waals surface area (Å²) in [7, 11) is -0.0859. The number of anilines is 1. The fourth-order valence-electron chi connectivity index (χ4n) is 4.76. The molecular weight excluding hydrogens is 585 g/mol. The Kier molecular flexibility index (Phi) is 10.6. The summed E-state index contributed by atoms with van der Waals surface area (Å²) in [4.78, 5) is 28.6. The zero-order valence-electron chi connectivity index (χ0n) is 24.6. The zero-order chi connectivity index (χ0) is 31.7. The van der Waals surface area contributed by atoms with Crippen LogP contribution < -0.4 is 19.1 Å². The molecular formula is C33H34FN3O6S. The molecule has 2 amide bonds. The minimum atomic E-state index is -4.36. The largest absolute Gasteiger partial charge is 0.493 e. The first-order valence-electron chi connectivity index (χ1n) is 13.8. The van der Waals surface area contributed by atoms with Gasteiger partial charge in [-0.15, -0.1) is 0 Å². The summed E-state index contributed by atoms with van der Waals surface area (Å²) >= 11 is 0. The molecule has 0 aromatic heterocycles. The second-order valence-electron chi connectivity index (χ2n) is 9.80. The van der Waals surface area contributed by atoms with E-state index in [1.54, 1.807) is 36.4 Å². The first kappa shape index (κ1) is 32.0. The van der Waals surface area contributed by atoms with Crippen LogP contribution in [0.1, 0.15) is 11.1 Å². The normalized spacial score (nSPS) is 11.7. The summed E-state index contributed by atoms with van der Waals surface area (Å²) < 4.78 is 54.7. The van der Waals surface area contributed by atoms with E-state index in [0.717, 1.165) is 9.87 Å². The second-order valence-corrected chi connectivity index (χ2v) is 11.7. The van der Waals surface area contributed by atoms with Gasteiger partial charge in [0.2, 0.25) is 11.8 Å². The van der Waals surface area contributed by atoms with E-state index in [0.29, 0.717) is 5.75 Å². The quantitative estimate of drug-likeness (QED) is 0.238. The van der Waals surface area contributed by atoms with E-state index >= 15 is 0 Å². The van der Waals surface area contributed by atoms with E-state index in [2.05, 4.69) is 5.32 Å². The highest BCUT2D eigenvalue weighted by Crippen LogP contribution is 2.32. The molecule has 0 aliphatic rings. The van der Waals surface area contributed by atoms with E-state index in [1.807, 2.05) is 30.3 Å². The Balaban J connectivity index is 1.80. The lowest BCUT2D eigenvalue weighted by Gasteiger charge is -2.33. The van der Waals surface area contributed by atoms with Gasteiger partial charge in [0.15, 0.2) is 11.5 Å². The number of methoxy groups -OCH3 is 2. The zero-order valence-corrected chi connectivity index (χ0v) is 25.5. The van der Waals surface area contributed by atoms with Crippen molar-refractivity contribution in [2.45, 2.75) is 23.9 Å². The number of nitrogens with zero attached hydrogens (tertiary/aromatic N) is 2. The Morgan fingerprint density at radius 2 is 1.45 bits per heavy atom. The Bertz CT molecular complexity index is 1690. The molecule has 230 valence electrons. The summed E-state index contributed by atoms with van der Waals surface area (Å²) in [5, 5.41) is 2.60. The maximum Gasteiger partial charge on any atom is 0.264 e. The van der Waals surface area contributed by atoms with Gasteiger partial charge in [-0.05, 0) is 35.9 Å². The van der Waals surface area contributed by atoms with Gasteiger partial charge in [-0.2, -0.15) is 0 Å². The maximum atomic E-state index is 14.9. The number of ether oxygens (including phenoxy) is 2. The first-order valence-corrected chi connectivity index (χ1v) is 15.2. The summed E-state index contributed by atoms with van der Waals surface area (Å²) in [5.74, 6) is -1.22. The van der Waals surface area contributed by atoms with Gasteiger partial charge in [0, 0.05) is 31.6 Å². The van der Waals surface area contributed by atoms with Crippen LogP contribution in [0.3, 0.4) is 0 Å². The number of rotatable bonds is 13. The number of likely N-dealkylation sites (N-methyl/N-ethyl adjacent to an activating group) is 1. The number of sulfonamides is 1. The number of hydrogen-bond acceptors (Lipinski definition) is 6. The first-order chi connectivity index (χ1) is 21.2. The summed E-state index contributed by atoms with van der Waals surface area (Å²) in [6.07, 6.45) is 0.120. The smallest absolute Gasteiger partial charge is 0.264 e. The monoisotopic (exact) mass is 619 g/mol. The molecule has 0 saturated carbocycles. The predicted octanol–water partition coefficient (Wildman–Crippen LogP) is 4.42. The van der Waals surface area contributed by atoms with E-state index in [-0.39, 0.29) is 34.9 Å². The lowest BCUT2D eigenvalue weighted by atomic mass is 10.0. The van der Waals surface area contributed by atoms with E-state index < -0.39 is 40.2 Å². The van der Waals surface area contributed by atoms with Gasteiger partial charge in [-0.3, -0.25) is 13.9 Å². The van der Waals surface area contributed by atoms with Gasteiger partial charge >= 0.3 is 0 Å². The molecule has 0 spiro atoms. The minimum Gasteiger partial charge on any atom is -0.493 e. The van der Waals surface area contributed by atoms with Crippen LogP contribution in [-0.4, -0.2) is 59.0 Å². The van der Waals surface area contributed by atoms with Crippen molar-refractivity contribution < 1.29 is 31.9 Å². The van der Waals surface area contributed by atoms with Gasteiger partial charge in [0.1, 0.15) is 18.4 Å². The molecule has 1 N–H and O–H groups in total. The molecule has 0 bridgehead atoms. The average Bonchev–Trinajstić information content (AvgIpc) is 3.05. The van der Waals surface area contributed by atoms with Crippen LogP contribution in [-0.2, 0) is 32.6 Å². The molecule has 0 aliphatic carbocycles. The van der Waals surface area contributed by atoms with Crippen LogP contribution in [0.5, 0.6) is 11.5 Å². The van der Waals surface area contributed by atoms with Crippen LogP contribution >= 0.6 is 0 Å². The standard InChI is InChI=1S/C33H34FN3O6S/c1-35-33(39)29(20-24-12-6-4-7-13-24)36(22-25-14-10-11-17-28(25)34)32(38)23-37(26-15-8-5-9-16-26)44(40,41)27-18-19-30(42-2)31(21-27)43-3/h4-19,21,29H,20,22-23H2,1-3H3,(H,35,39)/t29-/m1/s1. The molecule has 44 heavy (non-hydrogen) atoms. The molecule has 0 aliphatic heterocycles. The van der Waals surface area contributed by atoms with Crippen molar-refractivity contribution in [1.82, 2.24) is 10.2 Å². The SMILES string of the molecule is CNC(=O)[C@@H](Cc1ccccc1)N(Cc1ccccc1F)C(=O)CN(c1ccccc1)S(=O)(=O)c1ccc(OC)c(OC)c1. The van der Waals surface area contributed by atoms with Crippen molar-refractivity contribution in [2.75, 3.05) is 32.1 Å². The predicted molar refractivity (Wildman–Crippen MR) is 165 cm³/mol. The number of benzene rings is 4. The third-order valence-corrected chi connectivity index (χ3v) is 8.85. The molecule has 4 aromatic carbocycles.